The van der Waals surface area contributed by atoms with Crippen molar-refractivity contribution in [3.63, 3.8) is 0 Å². The van der Waals surface area contributed by atoms with Crippen LogP contribution in [-0.4, -0.2) is 28.9 Å². The standard InChI is InChI=1S/C11H10ClN3O3S2/c12-7-20(17,18)11-14-9(15-19-11)6-13-10(16)8-4-2-1-3-5-8/h1-5H,6-7H2,(H,13,16). The molecule has 1 aromatic carbocycles. The third-order valence-electron chi connectivity index (χ3n) is 2.30. The van der Waals surface area contributed by atoms with E-state index in [0.29, 0.717) is 5.56 Å². The maximum absolute atomic E-state index is 11.8. The smallest absolute Gasteiger partial charge is 0.251 e. The van der Waals surface area contributed by atoms with Crippen molar-refractivity contribution >= 4 is 38.9 Å². The molecular formula is C11H10ClN3O3S2. The Morgan fingerprint density at radius 1 is 1.30 bits per heavy atom. The molecule has 0 atom stereocenters. The second kappa shape index (κ2) is 6.29. The van der Waals surface area contributed by atoms with E-state index in [4.69, 9.17) is 11.6 Å². The van der Waals surface area contributed by atoms with Crippen molar-refractivity contribution in [2.75, 3.05) is 5.21 Å². The Morgan fingerprint density at radius 2 is 2.00 bits per heavy atom. The van der Waals surface area contributed by atoms with Crippen LogP contribution in [0.4, 0.5) is 0 Å². The molecule has 0 spiro atoms. The molecule has 20 heavy (non-hydrogen) atoms. The van der Waals surface area contributed by atoms with Crippen LogP contribution in [0.2, 0.25) is 0 Å². The Kier molecular flexibility index (Phi) is 4.69. The zero-order chi connectivity index (χ0) is 14.6. The summed E-state index contributed by atoms with van der Waals surface area (Å²) in [6, 6.07) is 8.66. The minimum absolute atomic E-state index is 0.0576. The average molecular weight is 332 g/mol. The van der Waals surface area contributed by atoms with Crippen LogP contribution in [0.25, 0.3) is 0 Å². The fourth-order valence-electron chi connectivity index (χ4n) is 1.33. The lowest BCUT2D eigenvalue weighted by molar-refractivity contribution is 0.0950. The first-order chi connectivity index (χ1) is 9.53. The quantitative estimate of drug-likeness (QED) is 0.837. The van der Waals surface area contributed by atoms with Gasteiger partial charge < -0.3 is 5.32 Å². The molecule has 0 saturated heterocycles. The molecule has 0 aliphatic carbocycles. The van der Waals surface area contributed by atoms with Crippen LogP contribution in [0, 0.1) is 0 Å². The number of halogens is 1. The molecule has 0 fully saturated rings. The Hall–Kier alpha value is -1.51. The van der Waals surface area contributed by atoms with Gasteiger partial charge >= 0.3 is 0 Å². The fourth-order valence-corrected chi connectivity index (χ4v) is 3.35. The van der Waals surface area contributed by atoms with Gasteiger partial charge in [0.15, 0.2) is 5.82 Å². The fraction of sp³-hybridized carbons (Fsp3) is 0.182. The molecule has 1 aromatic heterocycles. The van der Waals surface area contributed by atoms with E-state index in [1.54, 1.807) is 24.3 Å². The van der Waals surface area contributed by atoms with Gasteiger partial charge in [0.25, 0.3) is 5.91 Å². The molecule has 0 radical (unpaired) electrons. The van der Waals surface area contributed by atoms with Gasteiger partial charge in [-0.3, -0.25) is 4.79 Å². The molecule has 2 rings (SSSR count). The van der Waals surface area contributed by atoms with Gasteiger partial charge in [0.1, 0.15) is 5.21 Å². The lowest BCUT2D eigenvalue weighted by Crippen LogP contribution is -2.23. The van der Waals surface area contributed by atoms with Crippen molar-refractivity contribution in [3.05, 3.63) is 41.7 Å². The molecule has 106 valence electrons. The molecule has 1 heterocycles. The first kappa shape index (κ1) is 14.9. The minimum Gasteiger partial charge on any atom is -0.345 e. The van der Waals surface area contributed by atoms with Gasteiger partial charge in [-0.25, -0.2) is 13.4 Å². The number of hydrogen-bond donors (Lipinski definition) is 1. The van der Waals surface area contributed by atoms with Crippen molar-refractivity contribution < 1.29 is 13.2 Å². The number of carbonyl (C=O) groups excluding carboxylic acids is 1. The van der Waals surface area contributed by atoms with Crippen molar-refractivity contribution in [2.24, 2.45) is 0 Å². The summed E-state index contributed by atoms with van der Waals surface area (Å²) in [6.45, 7) is 0.0576. The number of nitrogens with one attached hydrogen (secondary N) is 1. The normalized spacial score (nSPS) is 11.2. The molecule has 6 nitrogen and oxygen atoms in total. The number of hydrogen-bond acceptors (Lipinski definition) is 6. The molecular weight excluding hydrogens is 322 g/mol. The van der Waals surface area contributed by atoms with E-state index in [-0.39, 0.29) is 22.6 Å². The molecule has 0 bridgehead atoms. The van der Waals surface area contributed by atoms with Gasteiger partial charge in [0, 0.05) is 5.56 Å². The number of nitrogens with zero attached hydrogens (tertiary/aromatic N) is 2. The highest BCUT2D eigenvalue weighted by molar-refractivity contribution is 7.94. The summed E-state index contributed by atoms with van der Waals surface area (Å²) in [4.78, 5) is 15.6. The van der Waals surface area contributed by atoms with E-state index in [9.17, 15) is 13.2 Å². The van der Waals surface area contributed by atoms with Gasteiger partial charge in [-0.05, 0) is 23.7 Å². The van der Waals surface area contributed by atoms with Gasteiger partial charge in [-0.15, -0.1) is 11.6 Å². The monoisotopic (exact) mass is 331 g/mol. The van der Waals surface area contributed by atoms with Crippen LogP contribution in [0.5, 0.6) is 0 Å². The lowest BCUT2D eigenvalue weighted by Gasteiger charge is -2.01. The van der Waals surface area contributed by atoms with E-state index >= 15 is 0 Å². The van der Waals surface area contributed by atoms with Crippen molar-refractivity contribution in [3.8, 4) is 0 Å². The van der Waals surface area contributed by atoms with Crippen LogP contribution in [-0.2, 0) is 16.4 Å². The van der Waals surface area contributed by atoms with Gasteiger partial charge in [0.2, 0.25) is 14.2 Å². The Bertz CT molecular complexity index is 701. The van der Waals surface area contributed by atoms with E-state index in [1.807, 2.05) is 6.07 Å². The minimum atomic E-state index is -3.57. The zero-order valence-electron chi connectivity index (χ0n) is 10.1. The molecule has 0 saturated carbocycles. The molecule has 9 heteroatoms. The summed E-state index contributed by atoms with van der Waals surface area (Å²) in [5.74, 6) is -0.0369. The number of amides is 1. The van der Waals surface area contributed by atoms with Crippen molar-refractivity contribution in [1.29, 1.82) is 0 Å². The zero-order valence-corrected chi connectivity index (χ0v) is 12.5. The van der Waals surface area contributed by atoms with E-state index in [2.05, 4.69) is 14.7 Å². The number of rotatable bonds is 5. The number of carbonyl (C=O) groups is 1. The van der Waals surface area contributed by atoms with Gasteiger partial charge in [-0.1, -0.05) is 18.2 Å². The molecule has 0 aliphatic rings. The van der Waals surface area contributed by atoms with Crippen molar-refractivity contribution in [2.45, 2.75) is 10.9 Å². The van der Waals surface area contributed by atoms with Crippen LogP contribution in [0.1, 0.15) is 16.2 Å². The first-order valence-electron chi connectivity index (χ1n) is 5.47. The topological polar surface area (TPSA) is 89.0 Å². The molecule has 1 N–H and O–H groups in total. The lowest BCUT2D eigenvalue weighted by atomic mass is 10.2. The third-order valence-corrected chi connectivity index (χ3v) is 5.61. The Morgan fingerprint density at radius 3 is 2.65 bits per heavy atom. The summed E-state index contributed by atoms with van der Waals surface area (Å²) in [5, 5.41) is 2.07. The highest BCUT2D eigenvalue weighted by Crippen LogP contribution is 2.14. The molecule has 0 aliphatic heterocycles. The highest BCUT2D eigenvalue weighted by Gasteiger charge is 2.19. The summed E-state index contributed by atoms with van der Waals surface area (Å²) < 4.78 is 26.7. The summed E-state index contributed by atoms with van der Waals surface area (Å²) in [6.07, 6.45) is 0. The second-order valence-corrected chi connectivity index (χ2v) is 7.25. The van der Waals surface area contributed by atoms with Crippen LogP contribution < -0.4 is 5.32 Å². The maximum Gasteiger partial charge on any atom is 0.251 e. The number of sulfone groups is 1. The first-order valence-corrected chi connectivity index (χ1v) is 8.43. The van der Waals surface area contributed by atoms with Gasteiger partial charge in [-0.2, -0.15) is 4.37 Å². The largest absolute Gasteiger partial charge is 0.345 e. The predicted octanol–water partition coefficient (Wildman–Crippen LogP) is 1.44. The summed E-state index contributed by atoms with van der Waals surface area (Å²) >= 11 is 6.07. The van der Waals surface area contributed by atoms with E-state index in [1.165, 1.54) is 0 Å². The molecule has 2 aromatic rings. The SMILES string of the molecule is O=C(NCc1nsc(S(=O)(=O)CCl)n1)c1ccccc1. The summed E-state index contributed by atoms with van der Waals surface area (Å²) in [5.41, 5.74) is 0.510. The third kappa shape index (κ3) is 3.53. The molecule has 0 unspecified atom stereocenters. The van der Waals surface area contributed by atoms with Crippen LogP contribution in [0.15, 0.2) is 34.7 Å². The number of aromatic nitrogens is 2. The Labute approximate surface area is 124 Å². The van der Waals surface area contributed by atoms with Gasteiger partial charge in [0.05, 0.1) is 6.54 Å². The number of alkyl halides is 1. The molecule has 1 amide bonds. The second-order valence-electron chi connectivity index (χ2n) is 3.75. The van der Waals surface area contributed by atoms with E-state index in [0.717, 1.165) is 11.5 Å². The van der Waals surface area contributed by atoms with Crippen LogP contribution >= 0.6 is 23.1 Å². The average Bonchev–Trinajstić information content (AvgIpc) is 2.95. The van der Waals surface area contributed by atoms with Crippen LogP contribution in [0.3, 0.4) is 0 Å². The highest BCUT2D eigenvalue weighted by atomic mass is 35.5. The van der Waals surface area contributed by atoms with Crippen molar-refractivity contribution in [1.82, 2.24) is 14.7 Å². The maximum atomic E-state index is 11.8. The van der Waals surface area contributed by atoms with E-state index < -0.39 is 15.0 Å². The Balaban J connectivity index is 2.00. The number of benzene rings is 1. The predicted molar refractivity (Wildman–Crippen MR) is 75.4 cm³/mol. The summed E-state index contributed by atoms with van der Waals surface area (Å²) in [7, 11) is -3.57.